The van der Waals surface area contributed by atoms with E-state index in [2.05, 4.69) is 9.98 Å². The van der Waals surface area contributed by atoms with E-state index in [4.69, 9.17) is 26.8 Å². The summed E-state index contributed by atoms with van der Waals surface area (Å²) in [6.07, 6.45) is 0.203. The van der Waals surface area contributed by atoms with E-state index in [0.717, 1.165) is 29.0 Å². The second kappa shape index (κ2) is 11.9. The summed E-state index contributed by atoms with van der Waals surface area (Å²) in [5, 5.41) is 2.32. The largest absolute Gasteiger partial charge is 0.494 e. The molecule has 2 N–H and O–H groups in total. The zero-order valence-electron chi connectivity index (χ0n) is 19.5. The van der Waals surface area contributed by atoms with Crippen LogP contribution in [0, 0.1) is 0 Å². The fourth-order valence-electron chi connectivity index (χ4n) is 2.92. The maximum Gasteiger partial charge on any atom is 0.417 e. The second-order valence-corrected chi connectivity index (χ2v) is 9.67. The van der Waals surface area contributed by atoms with Crippen LogP contribution in [-0.2, 0) is 11.3 Å². The summed E-state index contributed by atoms with van der Waals surface area (Å²) in [4.78, 5) is 23.2. The summed E-state index contributed by atoms with van der Waals surface area (Å²) >= 11 is 7.05. The predicted molar refractivity (Wildman–Crippen MR) is 138 cm³/mol. The Morgan fingerprint density at radius 1 is 1.18 bits per heavy atom. The van der Waals surface area contributed by atoms with Crippen molar-refractivity contribution >= 4 is 40.1 Å². The van der Waals surface area contributed by atoms with Gasteiger partial charge in [0, 0.05) is 16.8 Å². The van der Waals surface area contributed by atoms with E-state index in [1.54, 1.807) is 20.8 Å². The molecule has 0 atom stereocenters. The number of guanidine groups is 1. The molecular formula is C25H29ClN4O3S. The van der Waals surface area contributed by atoms with Gasteiger partial charge in [0.25, 0.3) is 0 Å². The first-order valence-electron chi connectivity index (χ1n) is 10.9. The van der Waals surface area contributed by atoms with Gasteiger partial charge in [0.1, 0.15) is 11.4 Å². The number of rotatable bonds is 8. The smallest absolute Gasteiger partial charge is 0.417 e. The maximum absolute atomic E-state index is 12.9. The van der Waals surface area contributed by atoms with Crippen LogP contribution in [0.15, 0.2) is 65.0 Å². The average molecular weight is 501 g/mol. The highest BCUT2D eigenvalue weighted by molar-refractivity contribution is 7.13. The van der Waals surface area contributed by atoms with Gasteiger partial charge in [-0.2, -0.15) is 4.99 Å². The monoisotopic (exact) mass is 500 g/mol. The van der Waals surface area contributed by atoms with Crippen LogP contribution < -0.4 is 10.5 Å². The lowest BCUT2D eigenvalue weighted by Crippen LogP contribution is -2.44. The highest BCUT2D eigenvalue weighted by Gasteiger charge is 2.25. The Hall–Kier alpha value is -3.10. The molecule has 1 aromatic heterocycles. The third kappa shape index (κ3) is 7.74. The Kier molecular flexibility index (Phi) is 8.90. The molecule has 0 fully saturated rings. The van der Waals surface area contributed by atoms with Gasteiger partial charge in [-0.25, -0.2) is 14.7 Å². The summed E-state index contributed by atoms with van der Waals surface area (Å²) in [5.41, 5.74) is 8.14. The van der Waals surface area contributed by atoms with Crippen LogP contribution in [0.1, 0.15) is 32.8 Å². The number of hydrogen-bond donors (Lipinski definition) is 1. The highest BCUT2D eigenvalue weighted by atomic mass is 35.5. The Morgan fingerprint density at radius 3 is 2.65 bits per heavy atom. The maximum atomic E-state index is 12.9. The molecule has 0 saturated carbocycles. The van der Waals surface area contributed by atoms with E-state index >= 15 is 0 Å². The number of nitrogens with two attached hydrogens (primary N) is 1. The first-order valence-corrected chi connectivity index (χ1v) is 12.3. The fourth-order valence-corrected chi connectivity index (χ4v) is 3.73. The predicted octanol–water partition coefficient (Wildman–Crippen LogP) is 6.20. The van der Waals surface area contributed by atoms with Gasteiger partial charge in [0.2, 0.25) is 11.1 Å². The molecule has 0 spiro atoms. The molecule has 9 heteroatoms. The summed E-state index contributed by atoms with van der Waals surface area (Å²) < 4.78 is 11.3. The summed E-state index contributed by atoms with van der Waals surface area (Å²) in [7, 11) is 0. The molecule has 0 aliphatic carbocycles. The number of amides is 1. The number of halogens is 1. The minimum Gasteiger partial charge on any atom is -0.494 e. The number of ether oxygens (including phenoxy) is 2. The molecule has 0 saturated heterocycles. The van der Waals surface area contributed by atoms with Crippen LogP contribution in [0.3, 0.4) is 0 Å². The van der Waals surface area contributed by atoms with Gasteiger partial charge >= 0.3 is 6.09 Å². The van der Waals surface area contributed by atoms with Crippen molar-refractivity contribution in [3.05, 3.63) is 65.5 Å². The van der Waals surface area contributed by atoms with E-state index in [9.17, 15) is 4.79 Å². The molecule has 0 unspecified atom stereocenters. The lowest BCUT2D eigenvalue weighted by Gasteiger charge is -2.26. The topological polar surface area (TPSA) is 90.0 Å². The summed E-state index contributed by atoms with van der Waals surface area (Å²) in [5.74, 6) is 1.32. The van der Waals surface area contributed by atoms with Gasteiger partial charge in [-0.1, -0.05) is 42.5 Å². The van der Waals surface area contributed by atoms with Crippen molar-refractivity contribution in [1.29, 1.82) is 0 Å². The van der Waals surface area contributed by atoms with Crippen molar-refractivity contribution in [1.82, 2.24) is 9.88 Å². The van der Waals surface area contributed by atoms with Crippen LogP contribution in [0.25, 0.3) is 11.3 Å². The van der Waals surface area contributed by atoms with Crippen molar-refractivity contribution in [2.45, 2.75) is 39.3 Å². The molecule has 180 valence electrons. The molecule has 2 aromatic carbocycles. The van der Waals surface area contributed by atoms with E-state index in [1.807, 2.05) is 60.0 Å². The molecule has 1 amide bonds. The van der Waals surface area contributed by atoms with Crippen molar-refractivity contribution < 1.29 is 14.3 Å². The van der Waals surface area contributed by atoms with Gasteiger partial charge in [-0.3, -0.25) is 0 Å². The van der Waals surface area contributed by atoms with E-state index in [0.29, 0.717) is 17.6 Å². The van der Waals surface area contributed by atoms with Gasteiger partial charge in [0.05, 0.1) is 18.8 Å². The SMILES string of the molecule is CC(C)(C)OC(=O)N(Cc1ccccc1)/C(N)=N/c1nc(-c2cccc(OCCCCl)c2)cs1. The van der Waals surface area contributed by atoms with Crippen molar-refractivity contribution in [3.63, 3.8) is 0 Å². The van der Waals surface area contributed by atoms with Crippen LogP contribution in [0.5, 0.6) is 5.75 Å². The molecule has 34 heavy (non-hydrogen) atoms. The molecule has 3 aromatic rings. The summed E-state index contributed by atoms with van der Waals surface area (Å²) in [6, 6.07) is 17.2. The van der Waals surface area contributed by atoms with Crippen LogP contribution >= 0.6 is 22.9 Å². The number of alkyl halides is 1. The van der Waals surface area contributed by atoms with Crippen LogP contribution in [-0.4, -0.2) is 40.0 Å². The van der Waals surface area contributed by atoms with E-state index in [1.165, 1.54) is 16.2 Å². The van der Waals surface area contributed by atoms with Crippen LogP contribution in [0.4, 0.5) is 9.93 Å². The number of carbonyl (C=O) groups excluding carboxylic acids is 1. The van der Waals surface area contributed by atoms with Gasteiger partial charge in [-0.15, -0.1) is 22.9 Å². The zero-order chi connectivity index (χ0) is 24.6. The van der Waals surface area contributed by atoms with Gasteiger partial charge in [0.15, 0.2) is 0 Å². The first-order chi connectivity index (χ1) is 16.2. The normalized spacial score (nSPS) is 11.8. The minimum atomic E-state index is -0.669. The molecule has 1 heterocycles. The minimum absolute atomic E-state index is 0.0113. The number of nitrogens with zero attached hydrogens (tertiary/aromatic N) is 3. The van der Waals surface area contributed by atoms with E-state index in [-0.39, 0.29) is 12.5 Å². The van der Waals surface area contributed by atoms with E-state index < -0.39 is 11.7 Å². The Morgan fingerprint density at radius 2 is 1.94 bits per heavy atom. The van der Waals surface area contributed by atoms with Crippen molar-refractivity contribution in [2.24, 2.45) is 10.7 Å². The molecule has 0 bridgehead atoms. The standard InChI is InChI=1S/C25H29ClN4O3S/c1-25(2,3)33-24(31)30(16-18-9-5-4-6-10-18)22(27)29-23-28-21(17-34-23)19-11-7-12-20(15-19)32-14-8-13-26/h4-7,9-12,15,17H,8,13-14,16H2,1-3H3,(H2,27,28,29). The number of carbonyl (C=O) groups is 1. The number of hydrogen-bond acceptors (Lipinski definition) is 6. The van der Waals surface area contributed by atoms with Gasteiger partial charge < -0.3 is 15.2 Å². The third-order valence-electron chi connectivity index (χ3n) is 4.45. The highest BCUT2D eigenvalue weighted by Crippen LogP contribution is 2.29. The quantitative estimate of drug-likeness (QED) is 0.172. The number of benzene rings is 2. The molecule has 0 radical (unpaired) electrons. The first kappa shape index (κ1) is 25.5. The summed E-state index contributed by atoms with van der Waals surface area (Å²) in [6.45, 7) is 6.20. The second-order valence-electron chi connectivity index (χ2n) is 8.46. The Balaban J connectivity index is 1.81. The number of aromatic nitrogens is 1. The molecule has 7 nitrogen and oxygen atoms in total. The third-order valence-corrected chi connectivity index (χ3v) is 5.45. The zero-order valence-corrected chi connectivity index (χ0v) is 21.1. The van der Waals surface area contributed by atoms with Crippen molar-refractivity contribution in [3.8, 4) is 17.0 Å². The number of aliphatic imine (C=N–C) groups is 1. The van der Waals surface area contributed by atoms with Crippen molar-refractivity contribution in [2.75, 3.05) is 12.5 Å². The Bertz CT molecular complexity index is 1110. The molecule has 3 rings (SSSR count). The molecular weight excluding hydrogens is 472 g/mol. The lowest BCUT2D eigenvalue weighted by molar-refractivity contribution is 0.0357. The van der Waals surface area contributed by atoms with Crippen LogP contribution in [0.2, 0.25) is 0 Å². The van der Waals surface area contributed by atoms with Gasteiger partial charge in [-0.05, 0) is 44.9 Å². The average Bonchev–Trinajstić information content (AvgIpc) is 3.26. The lowest BCUT2D eigenvalue weighted by atomic mass is 10.2. The molecule has 0 aliphatic heterocycles. The number of thiazole rings is 1. The fraction of sp³-hybridized carbons (Fsp3) is 0.320. The Labute approximate surface area is 209 Å². The molecule has 0 aliphatic rings.